The van der Waals surface area contributed by atoms with Gasteiger partial charge in [-0.25, -0.2) is 0 Å². The maximum atomic E-state index is 10.7. The Morgan fingerprint density at radius 3 is 2.48 bits per heavy atom. The Bertz CT molecular complexity index is 1050. The van der Waals surface area contributed by atoms with E-state index in [-0.39, 0.29) is 6.61 Å². The molecule has 0 unspecified atom stereocenters. The molecule has 0 radical (unpaired) electrons. The van der Waals surface area contributed by atoms with Gasteiger partial charge in [0.1, 0.15) is 23.9 Å². The number of aliphatic hydroxyl groups is 4. The Hall–Kier alpha value is -2.64. The summed E-state index contributed by atoms with van der Waals surface area (Å²) in [6, 6.07) is 14.4. The standard InChI is InChI=1S/C23H24N2O6/c1-13(25)15-4-2-14(3-5-15)8-17-9-18(7-6-16(17)10-24)23-21(29)19(27)20(28)22(11-26,31-23)12-30-23/h2-7,9,19-21,25-29H,8,11-12H2,1H3/t19-,20-,21+,22-,23-/m0/s1. The van der Waals surface area contributed by atoms with E-state index in [1.54, 1.807) is 25.1 Å². The second-order valence-electron chi connectivity index (χ2n) is 8.14. The number of ether oxygens (including phenoxy) is 2. The van der Waals surface area contributed by atoms with Crippen molar-refractivity contribution in [1.82, 2.24) is 0 Å². The van der Waals surface area contributed by atoms with Crippen molar-refractivity contribution < 1.29 is 29.9 Å². The summed E-state index contributed by atoms with van der Waals surface area (Å²) in [6.45, 7) is 0.903. The van der Waals surface area contributed by atoms with Crippen LogP contribution in [0.5, 0.6) is 0 Å². The van der Waals surface area contributed by atoms with Crippen LogP contribution in [0.25, 0.3) is 0 Å². The van der Waals surface area contributed by atoms with E-state index in [1.807, 2.05) is 24.3 Å². The number of benzene rings is 2. The fourth-order valence-electron chi connectivity index (χ4n) is 4.23. The first kappa shape index (κ1) is 21.6. The van der Waals surface area contributed by atoms with E-state index in [9.17, 15) is 25.7 Å². The van der Waals surface area contributed by atoms with Gasteiger partial charge in [0.05, 0.1) is 24.8 Å². The molecule has 8 nitrogen and oxygen atoms in total. The van der Waals surface area contributed by atoms with Crippen molar-refractivity contribution in [3.8, 4) is 6.07 Å². The van der Waals surface area contributed by atoms with Crippen molar-refractivity contribution in [2.24, 2.45) is 0 Å². The van der Waals surface area contributed by atoms with Crippen molar-refractivity contribution in [1.29, 1.82) is 10.7 Å². The van der Waals surface area contributed by atoms with Gasteiger partial charge in [-0.1, -0.05) is 30.3 Å². The number of nitrogens with zero attached hydrogens (tertiary/aromatic N) is 1. The Morgan fingerprint density at radius 1 is 1.16 bits per heavy atom. The molecule has 8 heteroatoms. The van der Waals surface area contributed by atoms with Crippen LogP contribution in [-0.2, 0) is 21.7 Å². The number of fused-ring (bicyclic) bond motifs is 2. The Morgan fingerprint density at radius 2 is 1.87 bits per heavy atom. The highest BCUT2D eigenvalue weighted by Crippen LogP contribution is 2.49. The third-order valence-corrected chi connectivity index (χ3v) is 6.14. The highest BCUT2D eigenvalue weighted by Gasteiger charge is 2.67. The quantitative estimate of drug-likeness (QED) is 0.441. The number of hydrogen-bond donors (Lipinski definition) is 5. The number of rotatable bonds is 5. The first-order valence-electron chi connectivity index (χ1n) is 9.93. The molecule has 2 aromatic carbocycles. The molecular weight excluding hydrogens is 400 g/mol. The molecule has 2 aromatic rings. The van der Waals surface area contributed by atoms with Crippen LogP contribution in [0.15, 0.2) is 42.5 Å². The molecule has 0 aromatic heterocycles. The van der Waals surface area contributed by atoms with E-state index in [0.29, 0.717) is 28.8 Å². The summed E-state index contributed by atoms with van der Waals surface area (Å²) in [5, 5.41) is 58.4. The molecule has 2 bridgehead atoms. The van der Waals surface area contributed by atoms with Crippen molar-refractivity contribution in [2.45, 2.75) is 43.0 Å². The van der Waals surface area contributed by atoms with Crippen LogP contribution in [0.4, 0.5) is 0 Å². The third-order valence-electron chi connectivity index (χ3n) is 6.14. The van der Waals surface area contributed by atoms with Crippen molar-refractivity contribution in [3.05, 3.63) is 70.3 Å². The predicted molar refractivity (Wildman–Crippen MR) is 109 cm³/mol. The average molecular weight is 424 g/mol. The number of hydrogen-bond acceptors (Lipinski definition) is 8. The molecule has 2 saturated heterocycles. The molecule has 162 valence electrons. The van der Waals surface area contributed by atoms with Gasteiger partial charge >= 0.3 is 0 Å². The molecule has 5 N–H and O–H groups in total. The third kappa shape index (κ3) is 3.36. The smallest absolute Gasteiger partial charge is 0.225 e. The molecule has 2 aliphatic heterocycles. The summed E-state index contributed by atoms with van der Waals surface area (Å²) in [7, 11) is 0. The lowest BCUT2D eigenvalue weighted by molar-refractivity contribution is -0.329. The molecule has 5 atom stereocenters. The zero-order valence-corrected chi connectivity index (χ0v) is 16.9. The molecular formula is C23H24N2O6. The molecule has 2 aliphatic rings. The number of nitrogens with one attached hydrogen (secondary N) is 1. The highest BCUT2D eigenvalue weighted by atomic mass is 16.8. The van der Waals surface area contributed by atoms with E-state index in [2.05, 4.69) is 6.07 Å². The Kier molecular flexibility index (Phi) is 5.43. The zero-order valence-electron chi connectivity index (χ0n) is 16.9. The molecule has 4 rings (SSSR count). The minimum absolute atomic E-state index is 0.210. The lowest BCUT2D eigenvalue weighted by Crippen LogP contribution is -2.65. The minimum atomic E-state index is -1.77. The van der Waals surface area contributed by atoms with Crippen LogP contribution >= 0.6 is 0 Å². The van der Waals surface area contributed by atoms with Crippen LogP contribution < -0.4 is 0 Å². The van der Waals surface area contributed by atoms with Crippen molar-refractivity contribution >= 4 is 5.71 Å². The van der Waals surface area contributed by atoms with Crippen LogP contribution in [-0.4, -0.2) is 63.3 Å². The maximum absolute atomic E-state index is 10.7. The molecule has 0 aliphatic carbocycles. The summed E-state index contributed by atoms with van der Waals surface area (Å²) >= 11 is 0. The first-order chi connectivity index (χ1) is 14.8. The van der Waals surface area contributed by atoms with Crippen molar-refractivity contribution in [2.75, 3.05) is 13.2 Å². The topological polar surface area (TPSA) is 147 Å². The Labute approximate surface area is 179 Å². The average Bonchev–Trinajstić information content (AvgIpc) is 3.17. The van der Waals surface area contributed by atoms with Crippen molar-refractivity contribution in [3.63, 3.8) is 0 Å². The molecule has 31 heavy (non-hydrogen) atoms. The van der Waals surface area contributed by atoms with Gasteiger partial charge in [-0.2, -0.15) is 5.26 Å². The zero-order chi connectivity index (χ0) is 22.4. The number of aliphatic hydroxyl groups excluding tert-OH is 4. The normalized spacial score (nSPS) is 31.9. The SMILES string of the molecule is CC(=N)c1ccc(Cc2cc([C@]34OC[C@](CO)(O3)[C@@H](O)[C@H](O)[C@H]4O)ccc2C#N)cc1. The number of nitriles is 1. The van der Waals surface area contributed by atoms with E-state index < -0.39 is 36.3 Å². The molecule has 0 spiro atoms. The molecule has 0 amide bonds. The summed E-state index contributed by atoms with van der Waals surface area (Å²) in [5.74, 6) is -1.77. The van der Waals surface area contributed by atoms with Gasteiger partial charge in [0.25, 0.3) is 0 Å². The Balaban J connectivity index is 1.72. The summed E-state index contributed by atoms with van der Waals surface area (Å²) in [6.07, 6.45) is -4.28. The van der Waals surface area contributed by atoms with Gasteiger partial charge in [-0.3, -0.25) is 0 Å². The fraction of sp³-hybridized carbons (Fsp3) is 0.391. The predicted octanol–water partition coefficient (Wildman–Crippen LogP) is 0.564. The second-order valence-corrected chi connectivity index (χ2v) is 8.14. The van der Waals surface area contributed by atoms with Crippen LogP contribution in [0.3, 0.4) is 0 Å². The fourth-order valence-corrected chi connectivity index (χ4v) is 4.23. The molecule has 0 saturated carbocycles. The lowest BCUT2D eigenvalue weighted by Gasteiger charge is -2.46. The van der Waals surface area contributed by atoms with E-state index in [1.165, 1.54) is 0 Å². The summed E-state index contributed by atoms with van der Waals surface area (Å²) < 4.78 is 11.6. The van der Waals surface area contributed by atoms with Gasteiger partial charge in [0, 0.05) is 11.3 Å². The van der Waals surface area contributed by atoms with Gasteiger partial charge in [0.15, 0.2) is 0 Å². The summed E-state index contributed by atoms with van der Waals surface area (Å²) in [4.78, 5) is 0. The lowest BCUT2D eigenvalue weighted by atomic mass is 9.83. The largest absolute Gasteiger partial charge is 0.393 e. The minimum Gasteiger partial charge on any atom is -0.393 e. The first-order valence-corrected chi connectivity index (χ1v) is 9.93. The molecule has 2 heterocycles. The van der Waals surface area contributed by atoms with Gasteiger partial charge in [-0.15, -0.1) is 0 Å². The molecule has 2 fully saturated rings. The van der Waals surface area contributed by atoms with Gasteiger partial charge in [0.2, 0.25) is 5.79 Å². The van der Waals surface area contributed by atoms with Crippen LogP contribution in [0, 0.1) is 16.7 Å². The van der Waals surface area contributed by atoms with E-state index in [0.717, 1.165) is 11.1 Å². The van der Waals surface area contributed by atoms with E-state index in [4.69, 9.17) is 14.9 Å². The maximum Gasteiger partial charge on any atom is 0.225 e. The van der Waals surface area contributed by atoms with Crippen LogP contribution in [0.2, 0.25) is 0 Å². The second kappa shape index (κ2) is 7.80. The monoisotopic (exact) mass is 424 g/mol. The van der Waals surface area contributed by atoms with Gasteiger partial charge in [-0.05, 0) is 42.2 Å². The highest BCUT2D eigenvalue weighted by molar-refractivity contribution is 5.96. The van der Waals surface area contributed by atoms with Gasteiger partial charge < -0.3 is 35.3 Å². The van der Waals surface area contributed by atoms with E-state index >= 15 is 0 Å². The van der Waals surface area contributed by atoms with Crippen LogP contribution in [0.1, 0.15) is 34.7 Å². The summed E-state index contributed by atoms with van der Waals surface area (Å²) in [5.41, 5.74) is 2.12.